The molecule has 2 aromatic heterocycles. The van der Waals surface area contributed by atoms with Gasteiger partial charge in [0.05, 0.1) is 23.1 Å². The number of nitrogens with one attached hydrogen (secondary N) is 1. The van der Waals surface area contributed by atoms with Crippen LogP contribution in [-0.4, -0.2) is 55.1 Å². The number of anilines is 1. The summed E-state index contributed by atoms with van der Waals surface area (Å²) in [4.78, 5) is 21.0. The number of hydrogen-bond acceptors (Lipinski definition) is 7. The van der Waals surface area contributed by atoms with Crippen LogP contribution in [0.2, 0.25) is 5.02 Å². The zero-order chi connectivity index (χ0) is 21.6. The van der Waals surface area contributed by atoms with Gasteiger partial charge in [-0.1, -0.05) is 37.2 Å². The molecule has 0 atom stereocenters. The summed E-state index contributed by atoms with van der Waals surface area (Å²) in [6.45, 7) is 6.16. The lowest BCUT2D eigenvalue weighted by atomic mass is 10.0. The van der Waals surface area contributed by atoms with Crippen molar-refractivity contribution in [1.29, 1.82) is 0 Å². The Bertz CT molecular complexity index is 1050. The van der Waals surface area contributed by atoms with Gasteiger partial charge in [0.1, 0.15) is 5.82 Å². The van der Waals surface area contributed by atoms with Gasteiger partial charge in [0.2, 0.25) is 0 Å². The predicted octanol–water partition coefficient (Wildman–Crippen LogP) is 4.41. The van der Waals surface area contributed by atoms with Gasteiger partial charge in [0.25, 0.3) is 0 Å². The van der Waals surface area contributed by atoms with Crippen LogP contribution in [0, 0.1) is 0 Å². The van der Waals surface area contributed by atoms with E-state index in [1.807, 2.05) is 18.2 Å². The van der Waals surface area contributed by atoms with E-state index >= 15 is 0 Å². The molecular weight excluding hydrogens is 444 g/mol. The third kappa shape index (κ3) is 6.27. The molecule has 32 heavy (non-hydrogen) atoms. The van der Waals surface area contributed by atoms with Gasteiger partial charge in [-0.2, -0.15) is 0 Å². The number of ketones is 1. The van der Waals surface area contributed by atoms with Crippen LogP contribution in [0.4, 0.5) is 5.82 Å². The number of nitrogen functional groups attached to an aromatic ring is 1. The molecule has 3 heterocycles. The van der Waals surface area contributed by atoms with E-state index in [1.165, 1.54) is 11.3 Å². The Hall–Kier alpha value is -2.03. The number of aromatic nitrogens is 1. The molecule has 3 aromatic rings. The number of nitrogens with zero attached hydrogens (tertiary/aromatic N) is 2. The van der Waals surface area contributed by atoms with E-state index in [0.29, 0.717) is 30.2 Å². The fourth-order valence-corrected chi connectivity index (χ4v) is 5.06. The number of rotatable bonds is 9. The lowest BCUT2D eigenvalue weighted by Gasteiger charge is -2.26. The maximum absolute atomic E-state index is 12.7. The van der Waals surface area contributed by atoms with Gasteiger partial charge in [-0.05, 0) is 29.5 Å². The normalized spacial score (nSPS) is 14.4. The van der Waals surface area contributed by atoms with Crippen LogP contribution in [0.3, 0.4) is 0 Å². The Labute approximate surface area is 198 Å². The van der Waals surface area contributed by atoms with Gasteiger partial charge in [-0.3, -0.25) is 9.69 Å². The molecule has 3 N–H and O–H groups in total. The number of morpholine rings is 1. The van der Waals surface area contributed by atoms with Gasteiger partial charge in [-0.15, -0.1) is 11.3 Å². The van der Waals surface area contributed by atoms with Crippen LogP contribution in [0.5, 0.6) is 0 Å². The second-order valence-electron chi connectivity index (χ2n) is 7.69. The van der Waals surface area contributed by atoms with E-state index in [1.54, 1.807) is 12.3 Å². The smallest absolute Gasteiger partial charge is 0.173 e. The maximum atomic E-state index is 12.7. The molecule has 0 amide bonds. The van der Waals surface area contributed by atoms with E-state index in [0.717, 1.165) is 65.5 Å². The van der Waals surface area contributed by atoms with Gasteiger partial charge >= 0.3 is 0 Å². The highest BCUT2D eigenvalue weighted by atomic mass is 35.5. The molecule has 1 saturated heterocycles. The van der Waals surface area contributed by atoms with Crippen molar-refractivity contribution in [2.75, 3.05) is 45.1 Å². The van der Waals surface area contributed by atoms with Crippen LogP contribution in [0.25, 0.3) is 10.8 Å². The SMILES string of the molecule is C.Nc1nccc2cc(CCC(=O)c3cc(Cl)c(CNCCN4CCOCC4)s3)ccc12. The molecule has 8 heteroatoms. The van der Waals surface area contributed by atoms with Crippen LogP contribution in [0.15, 0.2) is 36.5 Å². The maximum Gasteiger partial charge on any atom is 0.173 e. The summed E-state index contributed by atoms with van der Waals surface area (Å²) in [6, 6.07) is 9.81. The Morgan fingerprint density at radius 1 is 1.25 bits per heavy atom. The molecule has 0 spiro atoms. The van der Waals surface area contributed by atoms with Crippen molar-refractivity contribution in [3.8, 4) is 0 Å². The average Bonchev–Trinajstić information content (AvgIpc) is 3.16. The van der Waals surface area contributed by atoms with E-state index in [9.17, 15) is 4.79 Å². The fourth-order valence-electron chi connectivity index (χ4n) is 3.72. The summed E-state index contributed by atoms with van der Waals surface area (Å²) < 4.78 is 5.37. The van der Waals surface area contributed by atoms with Gasteiger partial charge < -0.3 is 15.8 Å². The molecule has 1 aliphatic heterocycles. The highest BCUT2D eigenvalue weighted by Crippen LogP contribution is 2.28. The number of Topliss-reactive ketones (excluding diaryl/α,β-unsaturated/α-hetero) is 1. The number of thiophene rings is 1. The Morgan fingerprint density at radius 3 is 2.88 bits per heavy atom. The first kappa shape index (κ1) is 24.6. The van der Waals surface area contributed by atoms with Crippen molar-refractivity contribution >= 4 is 45.3 Å². The summed E-state index contributed by atoms with van der Waals surface area (Å²) in [5.74, 6) is 0.653. The van der Waals surface area contributed by atoms with Crippen molar-refractivity contribution in [2.45, 2.75) is 26.8 Å². The van der Waals surface area contributed by atoms with Crippen molar-refractivity contribution < 1.29 is 9.53 Å². The largest absolute Gasteiger partial charge is 0.383 e. The van der Waals surface area contributed by atoms with E-state index in [2.05, 4.69) is 21.3 Å². The molecule has 1 aliphatic rings. The van der Waals surface area contributed by atoms with Crippen LogP contribution < -0.4 is 11.1 Å². The number of carbonyl (C=O) groups is 1. The number of halogens is 1. The number of aryl methyl sites for hydroxylation is 1. The average molecular weight is 475 g/mol. The van der Waals surface area contributed by atoms with Gasteiger partial charge in [0.15, 0.2) is 5.78 Å². The predicted molar refractivity (Wildman–Crippen MR) is 134 cm³/mol. The quantitative estimate of drug-likeness (QED) is 0.353. The van der Waals surface area contributed by atoms with Crippen molar-refractivity contribution in [1.82, 2.24) is 15.2 Å². The third-order valence-corrected chi connectivity index (χ3v) is 7.15. The summed E-state index contributed by atoms with van der Waals surface area (Å²) in [5.41, 5.74) is 7.02. The van der Waals surface area contributed by atoms with Crippen molar-refractivity contribution in [2.24, 2.45) is 0 Å². The van der Waals surface area contributed by atoms with Crippen LogP contribution in [0.1, 0.15) is 34.0 Å². The summed E-state index contributed by atoms with van der Waals surface area (Å²) in [5, 5.41) is 6.09. The minimum absolute atomic E-state index is 0. The van der Waals surface area contributed by atoms with Gasteiger partial charge in [-0.25, -0.2) is 4.98 Å². The van der Waals surface area contributed by atoms with Gasteiger partial charge in [0, 0.05) is 55.6 Å². The van der Waals surface area contributed by atoms with E-state index in [-0.39, 0.29) is 13.2 Å². The number of pyridine rings is 1. The fraction of sp³-hybridized carbons (Fsp3) is 0.417. The Morgan fingerprint density at radius 2 is 2.06 bits per heavy atom. The number of nitrogens with two attached hydrogens (primary N) is 1. The molecular formula is C24H31ClN4O2S. The number of hydrogen-bond donors (Lipinski definition) is 2. The summed E-state index contributed by atoms with van der Waals surface area (Å²) in [6.07, 6.45) is 2.84. The van der Waals surface area contributed by atoms with Crippen LogP contribution in [-0.2, 0) is 17.7 Å². The molecule has 0 aliphatic carbocycles. The Kier molecular flexibility index (Phi) is 9.02. The second kappa shape index (κ2) is 11.7. The first-order valence-corrected chi connectivity index (χ1v) is 11.7. The Balaban J connectivity index is 0.00000289. The molecule has 0 saturated carbocycles. The second-order valence-corrected chi connectivity index (χ2v) is 9.23. The molecule has 0 radical (unpaired) electrons. The summed E-state index contributed by atoms with van der Waals surface area (Å²) >= 11 is 7.88. The number of carbonyl (C=O) groups excluding carboxylic acids is 1. The van der Waals surface area contributed by atoms with Crippen molar-refractivity contribution in [3.05, 3.63) is 56.9 Å². The van der Waals surface area contributed by atoms with E-state index in [4.69, 9.17) is 22.1 Å². The highest BCUT2D eigenvalue weighted by molar-refractivity contribution is 7.14. The molecule has 0 unspecified atom stereocenters. The monoisotopic (exact) mass is 474 g/mol. The van der Waals surface area contributed by atoms with Crippen molar-refractivity contribution in [3.63, 3.8) is 0 Å². The molecule has 1 fully saturated rings. The number of fused-ring (bicyclic) bond motifs is 1. The third-order valence-electron chi connectivity index (χ3n) is 5.53. The number of benzene rings is 1. The summed E-state index contributed by atoms with van der Waals surface area (Å²) in [7, 11) is 0. The molecule has 1 aromatic carbocycles. The first-order valence-electron chi connectivity index (χ1n) is 10.6. The van der Waals surface area contributed by atoms with E-state index < -0.39 is 0 Å². The number of ether oxygens (including phenoxy) is 1. The molecule has 6 nitrogen and oxygen atoms in total. The minimum atomic E-state index is 0. The standard InChI is InChI=1S/C23H27ClN4O2S.CH4/c24-19-14-21(31-22(19)15-26-7-8-28-9-11-30-12-10-28)20(29)4-2-16-1-3-18-17(13-16)5-6-27-23(18)25;/h1,3,5-6,13-14,26H,2,4,7-12,15H2,(H2,25,27);1H4. The zero-order valence-corrected chi connectivity index (χ0v) is 19.0. The first-order chi connectivity index (χ1) is 15.1. The minimum Gasteiger partial charge on any atom is -0.383 e. The lowest BCUT2D eigenvalue weighted by Crippen LogP contribution is -2.40. The molecule has 172 valence electrons. The highest BCUT2D eigenvalue weighted by Gasteiger charge is 2.14. The molecule has 0 bridgehead atoms. The zero-order valence-electron chi connectivity index (χ0n) is 17.4. The van der Waals surface area contributed by atoms with Crippen LogP contribution >= 0.6 is 22.9 Å². The molecule has 4 rings (SSSR count). The lowest BCUT2D eigenvalue weighted by molar-refractivity contribution is 0.0384. The topological polar surface area (TPSA) is 80.5 Å².